The summed E-state index contributed by atoms with van der Waals surface area (Å²) in [7, 11) is 0. The van der Waals surface area contributed by atoms with Gasteiger partial charge in [0.25, 0.3) is 0 Å². The highest BCUT2D eigenvalue weighted by molar-refractivity contribution is 5.71. The molecule has 70 valence electrons. The van der Waals surface area contributed by atoms with E-state index in [0.29, 0.717) is 0 Å². The molecule has 4 heteroatoms. The molecule has 1 aromatic carbocycles. The summed E-state index contributed by atoms with van der Waals surface area (Å²) in [4.78, 5) is 10.4. The van der Waals surface area contributed by atoms with Crippen molar-refractivity contribution in [3.05, 3.63) is 49.4 Å². The molecule has 0 saturated heterocycles. The summed E-state index contributed by atoms with van der Waals surface area (Å²) in [6.45, 7) is 0. The number of rotatable bonds is 0. The highest BCUT2D eigenvalue weighted by Crippen LogP contribution is 2.09. The fourth-order valence-corrected chi connectivity index (χ4v) is 1.02. The Morgan fingerprint density at radius 2 is 2.14 bits per heavy atom. The summed E-state index contributed by atoms with van der Waals surface area (Å²) in [6.07, 6.45) is 6.53. The number of aromatic nitrogens is 3. The first-order valence-electron chi connectivity index (χ1n) is 4.18. The first-order valence-corrected chi connectivity index (χ1v) is 4.18. The lowest BCUT2D eigenvalue weighted by atomic mass is 10.3. The standard InChI is InChI=1S/C7H5NO.C3H4N2/c1-2-4-7-6(3-1)8-5-9-7;1-2-5-3-4-1/h1-5H;1-3H,(H,4,5). The topological polar surface area (TPSA) is 54.7 Å². The number of imidazole rings is 1. The van der Waals surface area contributed by atoms with Gasteiger partial charge in [-0.25, -0.2) is 9.97 Å². The lowest BCUT2D eigenvalue weighted by molar-refractivity contribution is 0.602. The highest BCUT2D eigenvalue weighted by Gasteiger charge is 1.91. The number of H-pyrrole nitrogens is 1. The van der Waals surface area contributed by atoms with Gasteiger partial charge in [-0.15, -0.1) is 0 Å². The Morgan fingerprint density at radius 3 is 2.79 bits per heavy atom. The summed E-state index contributed by atoms with van der Waals surface area (Å²) >= 11 is 0. The second-order valence-corrected chi connectivity index (χ2v) is 2.58. The zero-order chi connectivity index (χ0) is 9.64. The predicted octanol–water partition coefficient (Wildman–Crippen LogP) is 2.24. The summed E-state index contributed by atoms with van der Waals surface area (Å²) in [5.74, 6) is 0. The van der Waals surface area contributed by atoms with E-state index >= 15 is 0 Å². The molecule has 3 rings (SSSR count). The summed E-state index contributed by atoms with van der Waals surface area (Å²) in [5, 5.41) is 0. The molecule has 0 bridgehead atoms. The summed E-state index contributed by atoms with van der Waals surface area (Å²) in [5.41, 5.74) is 1.76. The predicted molar refractivity (Wildman–Crippen MR) is 52.6 cm³/mol. The van der Waals surface area contributed by atoms with E-state index in [9.17, 15) is 0 Å². The maximum absolute atomic E-state index is 5.01. The van der Waals surface area contributed by atoms with E-state index in [1.54, 1.807) is 18.7 Å². The van der Waals surface area contributed by atoms with Crippen molar-refractivity contribution in [3.63, 3.8) is 0 Å². The van der Waals surface area contributed by atoms with Gasteiger partial charge in [0.2, 0.25) is 0 Å². The molecule has 2 aromatic heterocycles. The van der Waals surface area contributed by atoms with Crippen LogP contribution in [0.5, 0.6) is 0 Å². The number of nitrogens with zero attached hydrogens (tertiary/aromatic N) is 2. The first kappa shape index (κ1) is 8.50. The van der Waals surface area contributed by atoms with Crippen LogP contribution in [-0.4, -0.2) is 15.0 Å². The van der Waals surface area contributed by atoms with Gasteiger partial charge < -0.3 is 9.40 Å². The minimum atomic E-state index is 0.845. The van der Waals surface area contributed by atoms with Gasteiger partial charge >= 0.3 is 0 Å². The van der Waals surface area contributed by atoms with Crippen molar-refractivity contribution in [2.75, 3.05) is 0 Å². The molecule has 0 radical (unpaired) electrons. The first-order chi connectivity index (χ1) is 6.97. The lowest BCUT2D eigenvalue weighted by Gasteiger charge is -1.79. The third-order valence-corrected chi connectivity index (χ3v) is 1.64. The Balaban J connectivity index is 0.000000128. The van der Waals surface area contributed by atoms with Crippen LogP contribution in [-0.2, 0) is 0 Å². The Kier molecular flexibility index (Phi) is 2.56. The van der Waals surface area contributed by atoms with Crippen molar-refractivity contribution in [2.45, 2.75) is 0 Å². The third-order valence-electron chi connectivity index (χ3n) is 1.64. The Bertz CT molecular complexity index is 425. The molecule has 1 N–H and O–H groups in total. The zero-order valence-electron chi connectivity index (χ0n) is 7.42. The number of hydrogen-bond acceptors (Lipinski definition) is 3. The fourth-order valence-electron chi connectivity index (χ4n) is 1.02. The molecule has 0 amide bonds. The molecular formula is C10H9N3O. The lowest BCUT2D eigenvalue weighted by Crippen LogP contribution is -1.61. The number of fused-ring (bicyclic) bond motifs is 1. The van der Waals surface area contributed by atoms with E-state index in [-0.39, 0.29) is 0 Å². The van der Waals surface area contributed by atoms with Crippen LogP contribution in [0, 0.1) is 0 Å². The number of hydrogen-bond donors (Lipinski definition) is 1. The van der Waals surface area contributed by atoms with Gasteiger partial charge in [-0.3, -0.25) is 0 Å². The Labute approximate surface area is 80.6 Å². The number of nitrogens with one attached hydrogen (secondary N) is 1. The summed E-state index contributed by atoms with van der Waals surface area (Å²) in [6, 6.07) is 7.67. The number of oxazole rings is 1. The average Bonchev–Trinajstić information content (AvgIpc) is 2.92. The number of para-hydroxylation sites is 2. The van der Waals surface area contributed by atoms with Crippen molar-refractivity contribution in [1.29, 1.82) is 0 Å². The molecule has 0 aliphatic rings. The zero-order valence-corrected chi connectivity index (χ0v) is 7.42. The Morgan fingerprint density at radius 1 is 1.21 bits per heavy atom. The molecule has 0 saturated carbocycles. The minimum Gasteiger partial charge on any atom is -0.443 e. The van der Waals surface area contributed by atoms with Crippen LogP contribution in [0.4, 0.5) is 0 Å². The van der Waals surface area contributed by atoms with Crippen LogP contribution in [0.1, 0.15) is 0 Å². The molecule has 0 spiro atoms. The largest absolute Gasteiger partial charge is 0.443 e. The number of aromatic amines is 1. The smallest absolute Gasteiger partial charge is 0.181 e. The molecule has 3 aromatic rings. The maximum Gasteiger partial charge on any atom is 0.181 e. The number of benzene rings is 1. The van der Waals surface area contributed by atoms with Gasteiger partial charge in [0.1, 0.15) is 5.52 Å². The van der Waals surface area contributed by atoms with Gasteiger partial charge in [0, 0.05) is 12.4 Å². The molecule has 4 nitrogen and oxygen atoms in total. The molecular weight excluding hydrogens is 178 g/mol. The highest BCUT2D eigenvalue weighted by atomic mass is 16.3. The van der Waals surface area contributed by atoms with Crippen LogP contribution in [0.25, 0.3) is 11.1 Å². The Hall–Kier alpha value is -2.10. The second kappa shape index (κ2) is 4.23. The normalized spacial score (nSPS) is 9.43. The van der Waals surface area contributed by atoms with Crippen LogP contribution in [0.15, 0.2) is 53.8 Å². The third kappa shape index (κ3) is 1.98. The van der Waals surface area contributed by atoms with Crippen LogP contribution < -0.4 is 0 Å². The molecule has 0 fully saturated rings. The van der Waals surface area contributed by atoms with E-state index in [2.05, 4.69) is 15.0 Å². The molecule has 2 heterocycles. The van der Waals surface area contributed by atoms with Crippen LogP contribution in [0.3, 0.4) is 0 Å². The fraction of sp³-hybridized carbons (Fsp3) is 0. The molecule has 0 atom stereocenters. The SMILES string of the molecule is c1c[nH]cn1.c1ccc2ocnc2c1. The van der Waals surface area contributed by atoms with E-state index in [0.717, 1.165) is 11.1 Å². The van der Waals surface area contributed by atoms with Crippen molar-refractivity contribution in [2.24, 2.45) is 0 Å². The van der Waals surface area contributed by atoms with Gasteiger partial charge in [-0.2, -0.15) is 0 Å². The van der Waals surface area contributed by atoms with Crippen molar-refractivity contribution >= 4 is 11.1 Å². The van der Waals surface area contributed by atoms with Crippen LogP contribution >= 0.6 is 0 Å². The van der Waals surface area contributed by atoms with Gasteiger partial charge in [-0.1, -0.05) is 12.1 Å². The van der Waals surface area contributed by atoms with E-state index in [4.69, 9.17) is 4.42 Å². The maximum atomic E-state index is 5.01. The van der Waals surface area contributed by atoms with E-state index in [1.165, 1.54) is 6.39 Å². The minimum absolute atomic E-state index is 0.845. The van der Waals surface area contributed by atoms with E-state index < -0.39 is 0 Å². The van der Waals surface area contributed by atoms with Gasteiger partial charge in [0.15, 0.2) is 12.0 Å². The monoisotopic (exact) mass is 187 g/mol. The summed E-state index contributed by atoms with van der Waals surface area (Å²) < 4.78 is 5.01. The molecule has 0 aliphatic carbocycles. The quantitative estimate of drug-likeness (QED) is 0.587. The van der Waals surface area contributed by atoms with Gasteiger partial charge in [-0.05, 0) is 12.1 Å². The van der Waals surface area contributed by atoms with Crippen molar-refractivity contribution < 1.29 is 4.42 Å². The average molecular weight is 187 g/mol. The molecule has 0 unspecified atom stereocenters. The second-order valence-electron chi connectivity index (χ2n) is 2.58. The molecule has 14 heavy (non-hydrogen) atoms. The van der Waals surface area contributed by atoms with Crippen molar-refractivity contribution in [1.82, 2.24) is 15.0 Å². The van der Waals surface area contributed by atoms with Gasteiger partial charge in [0.05, 0.1) is 6.33 Å². The van der Waals surface area contributed by atoms with Crippen molar-refractivity contribution in [3.8, 4) is 0 Å². The molecule has 0 aliphatic heterocycles. The van der Waals surface area contributed by atoms with Crippen LogP contribution in [0.2, 0.25) is 0 Å². The van der Waals surface area contributed by atoms with E-state index in [1.807, 2.05) is 24.3 Å².